The SMILES string of the molecule is [2H]C1([2H])COCC([2H])([2H])N1c1nsnc1OC[C@]([2H])(O)C([2H])([2H])NC(C([2H])([2H])[2H])(C([2H])([2H])[2H])C([2H])([2H])[2H]. The Kier molecular flexibility index (Phi) is 1.85. The maximum absolute atomic E-state index is 10.5. The second-order valence-corrected chi connectivity index (χ2v) is 4.30. The van der Waals surface area contributed by atoms with Gasteiger partial charge in [0.15, 0.2) is 0 Å². The number of β-amino-alcohol motifs (C(OH)–C–C–N with tert-alkyl or cyclic N) is 1. The average molecular weight is 333 g/mol. The molecule has 0 bridgehead atoms. The molecule has 7 nitrogen and oxygen atoms in total. The van der Waals surface area contributed by atoms with Gasteiger partial charge in [-0.2, -0.15) is 4.37 Å². The highest BCUT2D eigenvalue weighted by Crippen LogP contribution is 2.26. The van der Waals surface area contributed by atoms with Crippen molar-refractivity contribution in [3.05, 3.63) is 0 Å². The fourth-order valence-corrected chi connectivity index (χ4v) is 1.71. The van der Waals surface area contributed by atoms with Crippen molar-refractivity contribution in [2.45, 2.75) is 32.2 Å². The summed E-state index contributed by atoms with van der Waals surface area (Å²) in [5, 5.41) is 11.9. The maximum atomic E-state index is 10.5. The predicted molar refractivity (Wildman–Crippen MR) is 82.2 cm³/mol. The molecule has 120 valence electrons. The molecule has 0 aliphatic carbocycles. The Morgan fingerprint density at radius 2 is 2.38 bits per heavy atom. The lowest BCUT2D eigenvalue weighted by molar-refractivity contribution is 0.0975. The average Bonchev–Trinajstić information content (AvgIpc) is 3.07. The van der Waals surface area contributed by atoms with Crippen molar-refractivity contribution in [1.82, 2.24) is 14.1 Å². The van der Waals surface area contributed by atoms with Gasteiger partial charge in [-0.05, 0) is 20.6 Å². The minimum Gasteiger partial charge on any atom is -0.472 e. The summed E-state index contributed by atoms with van der Waals surface area (Å²) in [5.41, 5.74) is -3.92. The van der Waals surface area contributed by atoms with Gasteiger partial charge in [0.1, 0.15) is 12.7 Å². The van der Waals surface area contributed by atoms with Crippen LogP contribution in [-0.4, -0.2) is 64.8 Å². The van der Waals surface area contributed by atoms with Crippen LogP contribution in [0.2, 0.25) is 0 Å². The lowest BCUT2D eigenvalue weighted by Crippen LogP contribution is -2.42. The van der Waals surface area contributed by atoms with E-state index in [1.807, 2.05) is 0 Å². The maximum Gasteiger partial charge on any atom is 0.270 e. The van der Waals surface area contributed by atoms with Crippen molar-refractivity contribution >= 4 is 17.5 Å². The fraction of sp³-hybridized carbons (Fsp3) is 0.846. The molecule has 0 unspecified atom stereocenters. The molecule has 0 saturated carbocycles. The number of aliphatic hydroxyl groups is 1. The van der Waals surface area contributed by atoms with Crippen LogP contribution in [0.15, 0.2) is 0 Å². The number of rotatable bonds is 6. The normalized spacial score (nSPS) is 37.9. The zero-order chi connectivity index (χ0) is 29.1. The number of morpholine rings is 1. The molecule has 2 N–H and O–H groups in total. The van der Waals surface area contributed by atoms with Gasteiger partial charge in [0, 0.05) is 40.1 Å². The summed E-state index contributed by atoms with van der Waals surface area (Å²) in [7, 11) is 0. The van der Waals surface area contributed by atoms with Crippen molar-refractivity contribution < 1.29 is 36.5 Å². The van der Waals surface area contributed by atoms with Gasteiger partial charge >= 0.3 is 0 Å². The lowest BCUT2D eigenvalue weighted by Gasteiger charge is -2.27. The Hall–Kier alpha value is -0.960. The van der Waals surface area contributed by atoms with Crippen LogP contribution in [0.25, 0.3) is 0 Å². The topological polar surface area (TPSA) is 79.7 Å². The molecule has 8 heteroatoms. The summed E-state index contributed by atoms with van der Waals surface area (Å²) in [4.78, 5) is 0.543. The van der Waals surface area contributed by atoms with E-state index >= 15 is 0 Å². The molecule has 1 aliphatic heterocycles. The summed E-state index contributed by atoms with van der Waals surface area (Å²) >= 11 is 0.423. The third-order valence-electron chi connectivity index (χ3n) is 2.04. The van der Waals surface area contributed by atoms with E-state index in [9.17, 15) is 5.11 Å². The van der Waals surface area contributed by atoms with E-state index in [1.54, 1.807) is 0 Å². The molecule has 0 amide bonds. The van der Waals surface area contributed by atoms with E-state index in [4.69, 9.17) is 31.4 Å². The Balaban J connectivity index is 2.41. The number of aromatic nitrogens is 2. The largest absolute Gasteiger partial charge is 0.472 e. The van der Waals surface area contributed by atoms with Crippen LogP contribution in [-0.2, 0) is 4.74 Å². The van der Waals surface area contributed by atoms with Gasteiger partial charge in [-0.3, -0.25) is 0 Å². The van der Waals surface area contributed by atoms with Gasteiger partial charge in [0.25, 0.3) is 5.88 Å². The summed E-state index contributed by atoms with van der Waals surface area (Å²) in [6, 6.07) is 0. The van der Waals surface area contributed by atoms with Gasteiger partial charge < -0.3 is 24.8 Å². The van der Waals surface area contributed by atoms with E-state index in [-0.39, 0.29) is 0 Å². The third-order valence-corrected chi connectivity index (χ3v) is 2.55. The van der Waals surface area contributed by atoms with Crippen LogP contribution >= 0.6 is 11.7 Å². The highest BCUT2D eigenvalue weighted by atomic mass is 32.1. The molecular weight excluding hydrogens is 292 g/mol. The Morgan fingerprint density at radius 1 is 1.62 bits per heavy atom. The first-order valence-corrected chi connectivity index (χ1v) is 6.32. The van der Waals surface area contributed by atoms with E-state index in [1.165, 1.54) is 5.32 Å². The van der Waals surface area contributed by atoms with Gasteiger partial charge in [0.05, 0.1) is 31.8 Å². The van der Waals surface area contributed by atoms with E-state index in [0.717, 1.165) is 0 Å². The Labute approximate surface area is 152 Å². The minimum atomic E-state index is -3.92. The van der Waals surface area contributed by atoms with Crippen LogP contribution in [0.4, 0.5) is 5.82 Å². The number of hydrogen-bond acceptors (Lipinski definition) is 8. The second kappa shape index (κ2) is 7.35. The van der Waals surface area contributed by atoms with Gasteiger partial charge in [-0.25, -0.2) is 0 Å². The van der Waals surface area contributed by atoms with Crippen LogP contribution < -0.4 is 15.0 Å². The summed E-state index contributed by atoms with van der Waals surface area (Å²) in [5.74, 6) is -1.16. The number of hydrogen-bond donors (Lipinski definition) is 2. The van der Waals surface area contributed by atoms with E-state index < -0.39 is 83.2 Å². The van der Waals surface area contributed by atoms with Crippen molar-refractivity contribution in [1.29, 1.82) is 0 Å². The highest BCUT2D eigenvalue weighted by molar-refractivity contribution is 6.99. The van der Waals surface area contributed by atoms with Crippen molar-refractivity contribution in [3.63, 3.8) is 0 Å². The first kappa shape index (κ1) is 5.30. The second-order valence-electron chi connectivity index (χ2n) is 3.77. The van der Waals surface area contributed by atoms with E-state index in [0.29, 0.717) is 16.6 Å². The number of ether oxygens (including phenoxy) is 2. The van der Waals surface area contributed by atoms with Crippen LogP contribution in [0, 0.1) is 0 Å². The van der Waals surface area contributed by atoms with Crippen molar-refractivity contribution in [2.24, 2.45) is 0 Å². The number of nitrogens with one attached hydrogen (secondary N) is 1. The highest BCUT2D eigenvalue weighted by Gasteiger charge is 2.21. The first-order valence-electron chi connectivity index (χ1n) is 13.6. The summed E-state index contributed by atoms with van der Waals surface area (Å²) in [6.45, 7) is -22.9. The molecule has 0 radical (unpaired) electrons. The van der Waals surface area contributed by atoms with Crippen LogP contribution in [0.1, 0.15) is 42.5 Å². The molecule has 1 saturated heterocycles. The van der Waals surface area contributed by atoms with Gasteiger partial charge in [0.2, 0.25) is 5.82 Å². The molecule has 0 aromatic carbocycles. The molecule has 0 spiro atoms. The van der Waals surface area contributed by atoms with Crippen molar-refractivity contribution in [3.8, 4) is 5.88 Å². The zero-order valence-electron chi connectivity index (χ0n) is 26.6. The standard InChI is InChI=1S/C13H24N4O3S/c1-13(2,3)14-8-10(18)9-20-12-11(15-21-16-12)17-4-6-19-7-5-17/h10,14,18H,4-9H2,1-3H3/t10-/m1/s1/i1D3,2D3,3D3,4D2,5D2,8D2,10D. The lowest BCUT2D eigenvalue weighted by atomic mass is 10.1. The summed E-state index contributed by atoms with van der Waals surface area (Å²) < 4.78 is 142. The van der Waals surface area contributed by atoms with Crippen molar-refractivity contribution in [2.75, 3.05) is 44.2 Å². The van der Waals surface area contributed by atoms with Crippen LogP contribution in [0.3, 0.4) is 0 Å². The minimum absolute atomic E-state index is 0.423. The van der Waals surface area contributed by atoms with Crippen LogP contribution in [0.5, 0.6) is 5.88 Å². The predicted octanol–water partition coefficient (Wildman–Crippen LogP) is 0.503. The monoisotopic (exact) mass is 332 g/mol. The quantitative estimate of drug-likeness (QED) is 0.785. The molecule has 21 heavy (non-hydrogen) atoms. The molecule has 1 aliphatic rings. The smallest absolute Gasteiger partial charge is 0.270 e. The number of anilines is 1. The van der Waals surface area contributed by atoms with E-state index in [2.05, 4.69) is 8.75 Å². The van der Waals surface area contributed by atoms with Gasteiger partial charge in [-0.1, -0.05) is 0 Å². The van der Waals surface area contributed by atoms with Gasteiger partial charge in [-0.15, -0.1) is 4.37 Å². The third kappa shape index (κ3) is 5.39. The molecule has 1 aromatic rings. The molecule has 1 atom stereocenters. The zero-order valence-corrected chi connectivity index (χ0v) is 11.5. The molecule has 1 aromatic heterocycles. The molecular formula is C13H24N4O3S. The first-order chi connectivity index (χ1) is 16.2. The summed E-state index contributed by atoms with van der Waals surface area (Å²) in [6.07, 6.45) is -3.57. The Morgan fingerprint density at radius 3 is 3.10 bits per heavy atom. The molecule has 2 rings (SSSR count). The number of nitrogens with zero attached hydrogens (tertiary/aromatic N) is 3. The molecule has 2 heterocycles. The molecule has 1 fully saturated rings. The fourth-order valence-electron chi connectivity index (χ4n) is 1.22. The Bertz CT molecular complexity index is 907.